The normalized spacial score (nSPS) is 9.53. The lowest BCUT2D eigenvalue weighted by molar-refractivity contribution is 1.07. The Bertz CT molecular complexity index is 472. The highest BCUT2D eigenvalue weighted by atomic mass is 32.1. The molecule has 0 aromatic carbocycles. The van der Waals surface area contributed by atoms with E-state index in [1.165, 1.54) is 0 Å². The van der Waals surface area contributed by atoms with Crippen LogP contribution in [0.5, 0.6) is 0 Å². The molecule has 2 aromatic rings. The monoisotopic (exact) mass is 216 g/mol. The van der Waals surface area contributed by atoms with Gasteiger partial charge in [0, 0.05) is 11.6 Å². The molecule has 74 valence electrons. The second-order valence-electron chi connectivity index (χ2n) is 2.87. The van der Waals surface area contributed by atoms with Crippen LogP contribution < -0.4 is 5.32 Å². The highest BCUT2D eigenvalue weighted by molar-refractivity contribution is 7.07. The Balaban J connectivity index is 2.08. The number of hydrogen-bond acceptors (Lipinski definition) is 5. The zero-order chi connectivity index (χ0) is 10.5. The van der Waals surface area contributed by atoms with Crippen LogP contribution in [0.2, 0.25) is 0 Å². The number of anilines is 1. The van der Waals surface area contributed by atoms with E-state index in [1.54, 1.807) is 35.3 Å². The standard InChI is InChI=1S/C10H8N4S/c11-3-8-1-2-12-5-10(8)13-4-9-6-15-7-14-9/h1-2,5-7,13H,4H2. The van der Waals surface area contributed by atoms with Crippen LogP contribution in [0.4, 0.5) is 5.69 Å². The minimum absolute atomic E-state index is 0.597. The minimum atomic E-state index is 0.597. The maximum atomic E-state index is 8.84. The van der Waals surface area contributed by atoms with E-state index in [2.05, 4.69) is 21.4 Å². The molecule has 0 aliphatic rings. The average molecular weight is 216 g/mol. The molecule has 0 unspecified atom stereocenters. The summed E-state index contributed by atoms with van der Waals surface area (Å²) in [6.07, 6.45) is 3.25. The number of pyridine rings is 1. The van der Waals surface area contributed by atoms with Gasteiger partial charge in [-0.15, -0.1) is 11.3 Å². The third kappa shape index (κ3) is 2.30. The number of aromatic nitrogens is 2. The summed E-state index contributed by atoms with van der Waals surface area (Å²) in [7, 11) is 0. The Kier molecular flexibility index (Phi) is 2.90. The van der Waals surface area contributed by atoms with Gasteiger partial charge >= 0.3 is 0 Å². The van der Waals surface area contributed by atoms with Gasteiger partial charge in [0.15, 0.2) is 0 Å². The molecule has 0 aliphatic heterocycles. The highest BCUT2D eigenvalue weighted by Crippen LogP contribution is 2.13. The molecule has 0 atom stereocenters. The first-order valence-electron chi connectivity index (χ1n) is 4.35. The van der Waals surface area contributed by atoms with Crippen molar-refractivity contribution in [2.75, 3.05) is 5.32 Å². The van der Waals surface area contributed by atoms with Crippen molar-refractivity contribution >= 4 is 17.0 Å². The Labute approximate surface area is 91.2 Å². The zero-order valence-electron chi connectivity index (χ0n) is 7.84. The molecule has 5 heteroatoms. The fourth-order valence-corrected chi connectivity index (χ4v) is 1.70. The third-order valence-corrected chi connectivity index (χ3v) is 2.52. The van der Waals surface area contributed by atoms with E-state index in [0.29, 0.717) is 12.1 Å². The van der Waals surface area contributed by atoms with E-state index in [1.807, 2.05) is 5.38 Å². The predicted octanol–water partition coefficient (Wildman–Crippen LogP) is 2.02. The number of nitrogens with zero attached hydrogens (tertiary/aromatic N) is 3. The van der Waals surface area contributed by atoms with Crippen LogP contribution in [-0.4, -0.2) is 9.97 Å². The summed E-state index contributed by atoms with van der Waals surface area (Å²) in [5.74, 6) is 0. The van der Waals surface area contributed by atoms with Crippen LogP contribution in [-0.2, 0) is 6.54 Å². The average Bonchev–Trinajstić information content (AvgIpc) is 2.79. The molecule has 0 spiro atoms. The van der Waals surface area contributed by atoms with Crippen LogP contribution in [0.3, 0.4) is 0 Å². The second-order valence-corrected chi connectivity index (χ2v) is 3.59. The molecular formula is C10H8N4S. The lowest BCUT2D eigenvalue weighted by Crippen LogP contribution is -2.01. The van der Waals surface area contributed by atoms with Gasteiger partial charge < -0.3 is 5.32 Å². The zero-order valence-corrected chi connectivity index (χ0v) is 8.66. The molecule has 15 heavy (non-hydrogen) atoms. The van der Waals surface area contributed by atoms with Gasteiger partial charge in [0.05, 0.1) is 35.2 Å². The fraction of sp³-hybridized carbons (Fsp3) is 0.100. The molecule has 0 bridgehead atoms. The van der Waals surface area contributed by atoms with Crippen LogP contribution in [0.25, 0.3) is 0 Å². The lowest BCUT2D eigenvalue weighted by atomic mass is 10.2. The van der Waals surface area contributed by atoms with Crippen LogP contribution >= 0.6 is 11.3 Å². The molecular weight excluding hydrogens is 208 g/mol. The Morgan fingerprint density at radius 3 is 3.20 bits per heavy atom. The lowest BCUT2D eigenvalue weighted by Gasteiger charge is -2.04. The maximum absolute atomic E-state index is 8.84. The molecule has 0 saturated carbocycles. The first kappa shape index (κ1) is 9.62. The van der Waals surface area contributed by atoms with Gasteiger partial charge in [-0.25, -0.2) is 4.98 Å². The molecule has 0 radical (unpaired) electrons. The summed E-state index contributed by atoms with van der Waals surface area (Å²) in [5, 5.41) is 13.9. The molecule has 4 nitrogen and oxygen atoms in total. The Morgan fingerprint density at radius 1 is 1.53 bits per heavy atom. The van der Waals surface area contributed by atoms with Gasteiger partial charge in [-0.3, -0.25) is 4.98 Å². The number of nitriles is 1. The topological polar surface area (TPSA) is 61.6 Å². The van der Waals surface area contributed by atoms with Crippen molar-refractivity contribution in [1.82, 2.24) is 9.97 Å². The number of nitrogens with one attached hydrogen (secondary N) is 1. The minimum Gasteiger partial charge on any atom is -0.377 e. The Hall–Kier alpha value is -1.93. The van der Waals surface area contributed by atoms with Gasteiger partial charge in [-0.05, 0) is 6.07 Å². The smallest absolute Gasteiger partial charge is 0.101 e. The Morgan fingerprint density at radius 2 is 2.47 bits per heavy atom. The quantitative estimate of drug-likeness (QED) is 0.852. The first-order valence-corrected chi connectivity index (χ1v) is 5.29. The molecule has 1 N–H and O–H groups in total. The summed E-state index contributed by atoms with van der Waals surface area (Å²) in [6, 6.07) is 3.79. The third-order valence-electron chi connectivity index (χ3n) is 1.88. The van der Waals surface area contributed by atoms with Crippen LogP contribution in [0.1, 0.15) is 11.3 Å². The first-order chi connectivity index (χ1) is 7.40. The van der Waals surface area contributed by atoms with E-state index in [-0.39, 0.29) is 0 Å². The van der Waals surface area contributed by atoms with Crippen molar-refractivity contribution in [2.24, 2.45) is 0 Å². The van der Waals surface area contributed by atoms with Gasteiger partial charge in [-0.2, -0.15) is 5.26 Å². The van der Waals surface area contributed by atoms with Crippen molar-refractivity contribution in [3.05, 3.63) is 40.6 Å². The van der Waals surface area contributed by atoms with Crippen molar-refractivity contribution in [3.63, 3.8) is 0 Å². The highest BCUT2D eigenvalue weighted by Gasteiger charge is 2.01. The van der Waals surface area contributed by atoms with Crippen LogP contribution in [0.15, 0.2) is 29.4 Å². The SMILES string of the molecule is N#Cc1ccncc1NCc1cscn1. The van der Waals surface area contributed by atoms with E-state index in [4.69, 9.17) is 5.26 Å². The van der Waals surface area contributed by atoms with Gasteiger partial charge in [0.25, 0.3) is 0 Å². The molecule has 2 heterocycles. The van der Waals surface area contributed by atoms with E-state index in [9.17, 15) is 0 Å². The summed E-state index contributed by atoms with van der Waals surface area (Å²) >= 11 is 1.55. The van der Waals surface area contributed by atoms with Crippen molar-refractivity contribution < 1.29 is 0 Å². The van der Waals surface area contributed by atoms with Crippen LogP contribution in [0, 0.1) is 11.3 Å². The summed E-state index contributed by atoms with van der Waals surface area (Å²) in [5.41, 5.74) is 4.09. The van der Waals surface area contributed by atoms with Gasteiger partial charge in [0.1, 0.15) is 6.07 Å². The summed E-state index contributed by atoms with van der Waals surface area (Å²) in [6.45, 7) is 0.615. The molecule has 2 aromatic heterocycles. The molecule has 0 amide bonds. The van der Waals surface area contributed by atoms with E-state index < -0.39 is 0 Å². The van der Waals surface area contributed by atoms with Gasteiger partial charge in [0.2, 0.25) is 0 Å². The largest absolute Gasteiger partial charge is 0.377 e. The molecule has 2 rings (SSSR count). The number of rotatable bonds is 3. The van der Waals surface area contributed by atoms with E-state index in [0.717, 1.165) is 11.4 Å². The molecule has 0 saturated heterocycles. The fourth-order valence-electron chi connectivity index (χ4n) is 1.14. The molecule has 0 aliphatic carbocycles. The van der Waals surface area contributed by atoms with Crippen molar-refractivity contribution in [1.29, 1.82) is 5.26 Å². The number of hydrogen-bond donors (Lipinski definition) is 1. The van der Waals surface area contributed by atoms with E-state index >= 15 is 0 Å². The summed E-state index contributed by atoms with van der Waals surface area (Å²) < 4.78 is 0. The number of thiazole rings is 1. The maximum Gasteiger partial charge on any atom is 0.101 e. The molecule has 0 fully saturated rings. The summed E-state index contributed by atoms with van der Waals surface area (Å²) in [4.78, 5) is 8.10. The van der Waals surface area contributed by atoms with Crippen molar-refractivity contribution in [3.8, 4) is 6.07 Å². The van der Waals surface area contributed by atoms with Gasteiger partial charge in [-0.1, -0.05) is 0 Å². The van der Waals surface area contributed by atoms with Crippen molar-refractivity contribution in [2.45, 2.75) is 6.54 Å². The predicted molar refractivity (Wildman–Crippen MR) is 58.4 cm³/mol. The second kappa shape index (κ2) is 4.53.